The second kappa shape index (κ2) is 5.72. The average molecular weight is 341 g/mol. The van der Waals surface area contributed by atoms with Crippen molar-refractivity contribution in [2.75, 3.05) is 0 Å². The SMILES string of the molecule is Fc1ccc(-c2ncccc2-c2ccc3ncsc3c2)cc1Cl. The predicted octanol–water partition coefficient (Wildman–Crippen LogP) is 5.82. The Kier molecular flexibility index (Phi) is 3.56. The van der Waals surface area contributed by atoms with E-state index in [9.17, 15) is 4.39 Å². The number of fused-ring (bicyclic) bond motifs is 1. The van der Waals surface area contributed by atoms with Crippen LogP contribution in [-0.4, -0.2) is 9.97 Å². The lowest BCUT2D eigenvalue weighted by Gasteiger charge is -2.09. The molecule has 23 heavy (non-hydrogen) atoms. The molecule has 0 aliphatic heterocycles. The smallest absolute Gasteiger partial charge is 0.141 e. The number of hydrogen-bond donors (Lipinski definition) is 0. The van der Waals surface area contributed by atoms with Crippen LogP contribution in [0.25, 0.3) is 32.6 Å². The number of nitrogens with zero attached hydrogens (tertiary/aromatic N) is 2. The molecule has 0 atom stereocenters. The van der Waals surface area contributed by atoms with Gasteiger partial charge in [-0.05, 0) is 42.0 Å². The first-order valence-electron chi connectivity index (χ1n) is 6.96. The van der Waals surface area contributed by atoms with Gasteiger partial charge in [0.2, 0.25) is 0 Å². The first-order valence-corrected chi connectivity index (χ1v) is 8.22. The Morgan fingerprint density at radius 2 is 1.83 bits per heavy atom. The molecule has 0 aliphatic rings. The van der Waals surface area contributed by atoms with Crippen molar-refractivity contribution in [3.63, 3.8) is 0 Å². The zero-order valence-electron chi connectivity index (χ0n) is 11.8. The van der Waals surface area contributed by atoms with E-state index in [1.54, 1.807) is 29.7 Å². The Morgan fingerprint density at radius 1 is 0.957 bits per heavy atom. The van der Waals surface area contributed by atoms with Crippen LogP contribution in [0.3, 0.4) is 0 Å². The van der Waals surface area contributed by atoms with E-state index in [1.165, 1.54) is 6.07 Å². The minimum atomic E-state index is -0.432. The summed E-state index contributed by atoms with van der Waals surface area (Å²) in [4.78, 5) is 8.77. The average Bonchev–Trinajstić information content (AvgIpc) is 3.05. The number of thiazole rings is 1. The monoisotopic (exact) mass is 340 g/mol. The second-order valence-corrected chi connectivity index (χ2v) is 6.36. The molecule has 0 N–H and O–H groups in total. The van der Waals surface area contributed by atoms with Crippen molar-refractivity contribution in [1.29, 1.82) is 0 Å². The molecule has 2 heterocycles. The number of benzene rings is 2. The van der Waals surface area contributed by atoms with E-state index in [4.69, 9.17) is 11.6 Å². The fraction of sp³-hybridized carbons (Fsp3) is 0. The van der Waals surface area contributed by atoms with Crippen LogP contribution in [0.1, 0.15) is 0 Å². The molecule has 4 rings (SSSR count). The van der Waals surface area contributed by atoms with Gasteiger partial charge >= 0.3 is 0 Å². The lowest BCUT2D eigenvalue weighted by atomic mass is 9.99. The number of aromatic nitrogens is 2. The summed E-state index contributed by atoms with van der Waals surface area (Å²) >= 11 is 7.52. The van der Waals surface area contributed by atoms with Gasteiger partial charge in [-0.3, -0.25) is 4.98 Å². The Balaban J connectivity index is 1.90. The molecule has 0 radical (unpaired) electrons. The minimum Gasteiger partial charge on any atom is -0.256 e. The maximum absolute atomic E-state index is 13.4. The van der Waals surface area contributed by atoms with Crippen LogP contribution >= 0.6 is 22.9 Å². The number of pyridine rings is 1. The Morgan fingerprint density at radius 3 is 2.70 bits per heavy atom. The summed E-state index contributed by atoms with van der Waals surface area (Å²) in [6, 6.07) is 14.7. The first kappa shape index (κ1) is 14.3. The molecule has 0 saturated heterocycles. The predicted molar refractivity (Wildman–Crippen MR) is 93.3 cm³/mol. The fourth-order valence-corrected chi connectivity index (χ4v) is 3.43. The van der Waals surface area contributed by atoms with Crippen molar-refractivity contribution in [2.24, 2.45) is 0 Å². The van der Waals surface area contributed by atoms with E-state index in [2.05, 4.69) is 16.0 Å². The Hall–Kier alpha value is -2.30. The summed E-state index contributed by atoms with van der Waals surface area (Å²) in [5, 5.41) is 0.0945. The molecule has 0 spiro atoms. The summed E-state index contributed by atoms with van der Waals surface area (Å²) in [5.41, 5.74) is 6.40. The van der Waals surface area contributed by atoms with Gasteiger partial charge in [-0.25, -0.2) is 9.37 Å². The summed E-state index contributed by atoms with van der Waals surface area (Å²) in [6.45, 7) is 0. The van der Waals surface area contributed by atoms with Gasteiger partial charge in [0, 0.05) is 17.3 Å². The second-order valence-electron chi connectivity index (χ2n) is 5.06. The molecule has 0 fully saturated rings. The van der Waals surface area contributed by atoms with Crippen LogP contribution in [0.4, 0.5) is 4.39 Å². The van der Waals surface area contributed by atoms with Gasteiger partial charge in [-0.1, -0.05) is 23.7 Å². The Labute approximate surface area is 141 Å². The van der Waals surface area contributed by atoms with Crippen molar-refractivity contribution in [1.82, 2.24) is 9.97 Å². The van der Waals surface area contributed by atoms with Gasteiger partial charge < -0.3 is 0 Å². The third-order valence-corrected chi connectivity index (χ3v) is 4.72. The molecule has 2 aromatic heterocycles. The molecule has 112 valence electrons. The highest BCUT2D eigenvalue weighted by molar-refractivity contribution is 7.16. The fourth-order valence-electron chi connectivity index (χ4n) is 2.53. The molecule has 0 aliphatic carbocycles. The van der Waals surface area contributed by atoms with Crippen LogP contribution in [0.5, 0.6) is 0 Å². The van der Waals surface area contributed by atoms with Crippen LogP contribution in [0.15, 0.2) is 60.2 Å². The van der Waals surface area contributed by atoms with Crippen LogP contribution in [0.2, 0.25) is 5.02 Å². The molecule has 0 amide bonds. The number of halogens is 2. The van der Waals surface area contributed by atoms with E-state index < -0.39 is 5.82 Å². The standard InChI is InChI=1S/C18H10ClFN2S/c19-14-8-12(3-5-15(14)20)18-13(2-1-7-21-18)11-4-6-16-17(9-11)23-10-22-16/h1-10H. The number of hydrogen-bond acceptors (Lipinski definition) is 3. The van der Waals surface area contributed by atoms with Crippen LogP contribution < -0.4 is 0 Å². The molecule has 0 unspecified atom stereocenters. The van der Waals surface area contributed by atoms with Gasteiger partial charge in [-0.15, -0.1) is 11.3 Å². The Bertz CT molecular complexity index is 1010. The molecule has 4 aromatic rings. The van der Waals surface area contributed by atoms with Crippen molar-refractivity contribution < 1.29 is 4.39 Å². The molecule has 2 aromatic carbocycles. The quantitative estimate of drug-likeness (QED) is 0.459. The molecular formula is C18H10ClFN2S. The van der Waals surface area contributed by atoms with E-state index in [-0.39, 0.29) is 5.02 Å². The van der Waals surface area contributed by atoms with Gasteiger partial charge in [0.15, 0.2) is 0 Å². The van der Waals surface area contributed by atoms with Gasteiger partial charge in [-0.2, -0.15) is 0 Å². The van der Waals surface area contributed by atoms with Crippen molar-refractivity contribution in [2.45, 2.75) is 0 Å². The van der Waals surface area contributed by atoms with Crippen LogP contribution in [-0.2, 0) is 0 Å². The topological polar surface area (TPSA) is 25.8 Å². The molecular weight excluding hydrogens is 331 g/mol. The molecule has 0 saturated carbocycles. The lowest BCUT2D eigenvalue weighted by Crippen LogP contribution is -1.90. The van der Waals surface area contributed by atoms with E-state index >= 15 is 0 Å². The maximum atomic E-state index is 13.4. The van der Waals surface area contributed by atoms with Gasteiger partial charge in [0.25, 0.3) is 0 Å². The van der Waals surface area contributed by atoms with Crippen molar-refractivity contribution >= 4 is 33.2 Å². The third-order valence-electron chi connectivity index (χ3n) is 3.64. The van der Waals surface area contributed by atoms with E-state index in [0.717, 1.165) is 32.6 Å². The maximum Gasteiger partial charge on any atom is 0.141 e. The van der Waals surface area contributed by atoms with Gasteiger partial charge in [0.1, 0.15) is 5.82 Å². The first-order chi connectivity index (χ1) is 11.2. The zero-order valence-corrected chi connectivity index (χ0v) is 13.4. The molecule has 5 heteroatoms. The summed E-state index contributed by atoms with van der Waals surface area (Å²) in [5.74, 6) is -0.432. The van der Waals surface area contributed by atoms with Crippen molar-refractivity contribution in [3.8, 4) is 22.4 Å². The third kappa shape index (κ3) is 2.60. The van der Waals surface area contributed by atoms with Crippen molar-refractivity contribution in [3.05, 3.63) is 71.1 Å². The van der Waals surface area contributed by atoms with E-state index in [1.807, 2.05) is 29.8 Å². The van der Waals surface area contributed by atoms with E-state index in [0.29, 0.717) is 0 Å². The summed E-state index contributed by atoms with van der Waals surface area (Å²) in [6.07, 6.45) is 1.72. The highest BCUT2D eigenvalue weighted by atomic mass is 35.5. The molecule has 2 nitrogen and oxygen atoms in total. The normalized spacial score (nSPS) is 11.0. The number of rotatable bonds is 2. The highest BCUT2D eigenvalue weighted by Crippen LogP contribution is 2.34. The van der Waals surface area contributed by atoms with Gasteiger partial charge in [0.05, 0.1) is 26.4 Å². The minimum absolute atomic E-state index is 0.0945. The van der Waals surface area contributed by atoms with Crippen LogP contribution in [0, 0.1) is 5.82 Å². The summed E-state index contributed by atoms with van der Waals surface area (Å²) in [7, 11) is 0. The largest absolute Gasteiger partial charge is 0.256 e. The lowest BCUT2D eigenvalue weighted by molar-refractivity contribution is 0.628. The summed E-state index contributed by atoms with van der Waals surface area (Å²) < 4.78 is 14.5. The highest BCUT2D eigenvalue weighted by Gasteiger charge is 2.11. The molecule has 0 bridgehead atoms. The zero-order chi connectivity index (χ0) is 15.8.